The Balaban J connectivity index is 4.50. The van der Waals surface area contributed by atoms with Gasteiger partial charge in [0, 0.05) is 19.3 Å². The van der Waals surface area contributed by atoms with Gasteiger partial charge in [-0.2, -0.15) is 0 Å². The SMILES string of the molecule is CC/C=C\C/C=C\C/C=C\C/C=C\CCCCCCC(=O)OC[C@H](COC(=O)CCCCCCC/C=C\CCCC)OC(=O)CCCCC/C=C\C/C=C\C/C=C\C/C=C\CCCCC. The summed E-state index contributed by atoms with van der Waals surface area (Å²) in [5.41, 5.74) is 0. The average Bonchev–Trinajstić information content (AvgIpc) is 3.30. The summed E-state index contributed by atoms with van der Waals surface area (Å²) in [6.45, 7) is 6.39. The second-order valence-corrected chi connectivity index (χ2v) is 17.0. The van der Waals surface area contributed by atoms with E-state index in [9.17, 15) is 14.4 Å². The van der Waals surface area contributed by atoms with Gasteiger partial charge in [0.05, 0.1) is 0 Å². The molecule has 0 saturated heterocycles. The van der Waals surface area contributed by atoms with E-state index in [4.69, 9.17) is 14.2 Å². The lowest BCUT2D eigenvalue weighted by Gasteiger charge is -2.18. The number of carbonyl (C=O) groups excluding carboxylic acids is 3. The predicted molar refractivity (Wildman–Crippen MR) is 279 cm³/mol. The Kier molecular flexibility index (Phi) is 49.5. The fourth-order valence-corrected chi connectivity index (χ4v) is 6.75. The maximum atomic E-state index is 12.8. The number of esters is 3. The standard InChI is InChI=1S/C59H96O6/c1-4-7-10-13-16-19-22-24-26-28-29-31-33-35-38-41-44-47-50-53-59(62)65-56(54-63-57(60)51-48-45-42-39-36-21-18-15-12-9-6-3)55-64-58(61)52-49-46-43-40-37-34-32-30-27-25-23-20-17-14-11-8-5-2/h8,11,15-20,24-27,29,31-32,34-35,38,56H,4-7,9-10,12-14,21-23,28,30,33,36-37,39-55H2,1-3H3/b11-8-,18-15-,19-16-,20-17-,26-24-,27-25-,31-29-,34-32-,38-35-/t56-/m0/s1. The molecule has 1 atom stereocenters. The first-order valence-corrected chi connectivity index (χ1v) is 26.4. The predicted octanol–water partition coefficient (Wildman–Crippen LogP) is 17.5. The molecule has 368 valence electrons. The molecular formula is C59H96O6. The van der Waals surface area contributed by atoms with Crippen LogP contribution in [0.25, 0.3) is 0 Å². The highest BCUT2D eigenvalue weighted by Gasteiger charge is 2.19. The number of carbonyl (C=O) groups is 3. The Labute approximate surface area is 400 Å². The summed E-state index contributed by atoms with van der Waals surface area (Å²) < 4.78 is 16.7. The van der Waals surface area contributed by atoms with Gasteiger partial charge in [0.15, 0.2) is 6.10 Å². The highest BCUT2D eigenvalue weighted by molar-refractivity contribution is 5.71. The molecule has 0 aromatic rings. The van der Waals surface area contributed by atoms with Crippen molar-refractivity contribution in [1.29, 1.82) is 0 Å². The van der Waals surface area contributed by atoms with E-state index in [0.29, 0.717) is 12.8 Å². The first kappa shape index (κ1) is 61.1. The van der Waals surface area contributed by atoms with Crippen LogP contribution < -0.4 is 0 Å². The molecule has 0 aliphatic heterocycles. The quantitative estimate of drug-likeness (QED) is 0.0262. The molecule has 6 nitrogen and oxygen atoms in total. The van der Waals surface area contributed by atoms with E-state index in [-0.39, 0.29) is 37.5 Å². The molecule has 0 heterocycles. The van der Waals surface area contributed by atoms with Crippen LogP contribution in [0.1, 0.15) is 226 Å². The fourth-order valence-electron chi connectivity index (χ4n) is 6.75. The molecule has 0 amide bonds. The van der Waals surface area contributed by atoms with Crippen molar-refractivity contribution in [1.82, 2.24) is 0 Å². The molecule has 0 spiro atoms. The lowest BCUT2D eigenvalue weighted by Crippen LogP contribution is -2.30. The van der Waals surface area contributed by atoms with Crippen molar-refractivity contribution < 1.29 is 28.6 Å². The average molecular weight is 901 g/mol. The number of ether oxygens (including phenoxy) is 3. The minimum Gasteiger partial charge on any atom is -0.462 e. The van der Waals surface area contributed by atoms with Crippen molar-refractivity contribution in [3.8, 4) is 0 Å². The molecule has 0 aliphatic carbocycles. The molecule has 0 radical (unpaired) electrons. The molecule has 0 N–H and O–H groups in total. The van der Waals surface area contributed by atoms with E-state index in [1.165, 1.54) is 51.4 Å². The zero-order valence-corrected chi connectivity index (χ0v) is 42.0. The molecule has 0 unspecified atom stereocenters. The smallest absolute Gasteiger partial charge is 0.306 e. The Morgan fingerprint density at radius 3 is 1.02 bits per heavy atom. The largest absolute Gasteiger partial charge is 0.462 e. The lowest BCUT2D eigenvalue weighted by molar-refractivity contribution is -0.167. The van der Waals surface area contributed by atoms with Crippen LogP contribution in [0.4, 0.5) is 0 Å². The van der Waals surface area contributed by atoms with Gasteiger partial charge in [-0.3, -0.25) is 14.4 Å². The number of allylic oxidation sites excluding steroid dienone is 18. The minimum atomic E-state index is -0.810. The minimum absolute atomic E-state index is 0.106. The molecule has 0 fully saturated rings. The molecule has 6 heteroatoms. The van der Waals surface area contributed by atoms with Crippen molar-refractivity contribution in [3.63, 3.8) is 0 Å². The second kappa shape index (κ2) is 52.7. The Morgan fingerprint density at radius 2 is 0.615 bits per heavy atom. The highest BCUT2D eigenvalue weighted by Crippen LogP contribution is 2.12. The van der Waals surface area contributed by atoms with E-state index >= 15 is 0 Å². The number of unbranched alkanes of at least 4 members (excludes halogenated alkanes) is 17. The summed E-state index contributed by atoms with van der Waals surface area (Å²) in [5.74, 6) is -0.976. The summed E-state index contributed by atoms with van der Waals surface area (Å²) in [6.07, 6.45) is 70.7. The van der Waals surface area contributed by atoms with E-state index in [0.717, 1.165) is 135 Å². The van der Waals surface area contributed by atoms with Gasteiger partial charge in [-0.1, -0.05) is 194 Å². The Hall–Kier alpha value is -3.93. The number of hydrogen-bond donors (Lipinski definition) is 0. The van der Waals surface area contributed by atoms with Crippen molar-refractivity contribution in [3.05, 3.63) is 109 Å². The highest BCUT2D eigenvalue weighted by atomic mass is 16.6. The monoisotopic (exact) mass is 901 g/mol. The molecule has 0 aromatic carbocycles. The van der Waals surface area contributed by atoms with Gasteiger partial charge in [0.25, 0.3) is 0 Å². The van der Waals surface area contributed by atoms with Crippen LogP contribution in [0.2, 0.25) is 0 Å². The van der Waals surface area contributed by atoms with Gasteiger partial charge >= 0.3 is 17.9 Å². The van der Waals surface area contributed by atoms with E-state index < -0.39 is 6.10 Å². The maximum Gasteiger partial charge on any atom is 0.306 e. The number of hydrogen-bond acceptors (Lipinski definition) is 6. The topological polar surface area (TPSA) is 78.9 Å². The van der Waals surface area contributed by atoms with Gasteiger partial charge in [-0.15, -0.1) is 0 Å². The van der Waals surface area contributed by atoms with Gasteiger partial charge in [0.1, 0.15) is 13.2 Å². The summed E-state index contributed by atoms with van der Waals surface area (Å²) in [7, 11) is 0. The molecule has 0 aliphatic rings. The van der Waals surface area contributed by atoms with Crippen molar-refractivity contribution >= 4 is 17.9 Å². The zero-order chi connectivity index (χ0) is 47.2. The van der Waals surface area contributed by atoms with E-state index in [1.54, 1.807) is 0 Å². The maximum absolute atomic E-state index is 12.8. The molecular weight excluding hydrogens is 805 g/mol. The molecule has 0 aromatic heterocycles. The van der Waals surface area contributed by atoms with Gasteiger partial charge in [-0.05, 0) is 122 Å². The van der Waals surface area contributed by atoms with Gasteiger partial charge < -0.3 is 14.2 Å². The third-order valence-corrected chi connectivity index (χ3v) is 10.7. The van der Waals surface area contributed by atoms with Gasteiger partial charge in [-0.25, -0.2) is 0 Å². The van der Waals surface area contributed by atoms with Crippen molar-refractivity contribution in [2.45, 2.75) is 232 Å². The van der Waals surface area contributed by atoms with Crippen molar-refractivity contribution in [2.24, 2.45) is 0 Å². The van der Waals surface area contributed by atoms with Crippen LogP contribution in [0, 0.1) is 0 Å². The summed E-state index contributed by atoms with van der Waals surface area (Å²) in [5, 5.41) is 0. The molecule has 65 heavy (non-hydrogen) atoms. The van der Waals surface area contributed by atoms with Crippen LogP contribution in [-0.2, 0) is 28.6 Å². The molecule has 0 rings (SSSR count). The summed E-state index contributed by atoms with van der Waals surface area (Å²) in [4.78, 5) is 38.0. The fraction of sp³-hybridized carbons (Fsp3) is 0.644. The third kappa shape index (κ3) is 50.9. The van der Waals surface area contributed by atoms with Crippen LogP contribution in [0.5, 0.6) is 0 Å². The zero-order valence-electron chi connectivity index (χ0n) is 42.0. The summed E-state index contributed by atoms with van der Waals surface area (Å²) >= 11 is 0. The van der Waals surface area contributed by atoms with Crippen LogP contribution in [0.15, 0.2) is 109 Å². The van der Waals surface area contributed by atoms with Crippen LogP contribution >= 0.6 is 0 Å². The lowest BCUT2D eigenvalue weighted by atomic mass is 10.1. The molecule has 0 bridgehead atoms. The van der Waals surface area contributed by atoms with Gasteiger partial charge in [0.2, 0.25) is 0 Å². The number of rotatable bonds is 46. The van der Waals surface area contributed by atoms with Crippen LogP contribution in [-0.4, -0.2) is 37.2 Å². The molecule has 0 saturated carbocycles. The summed E-state index contributed by atoms with van der Waals surface area (Å²) in [6, 6.07) is 0. The second-order valence-electron chi connectivity index (χ2n) is 17.0. The first-order valence-electron chi connectivity index (χ1n) is 26.4. The Bertz CT molecular complexity index is 1360. The van der Waals surface area contributed by atoms with Crippen molar-refractivity contribution in [2.75, 3.05) is 13.2 Å². The van der Waals surface area contributed by atoms with E-state index in [1.807, 2.05) is 0 Å². The third-order valence-electron chi connectivity index (χ3n) is 10.7. The normalized spacial score (nSPS) is 13.0. The van der Waals surface area contributed by atoms with Crippen LogP contribution in [0.3, 0.4) is 0 Å². The van der Waals surface area contributed by atoms with E-state index in [2.05, 4.69) is 130 Å². The Morgan fingerprint density at radius 1 is 0.323 bits per heavy atom. The first-order chi connectivity index (χ1) is 32.0.